The third kappa shape index (κ3) is 2.46. The number of carbonyl (C=O) groups is 5. The summed E-state index contributed by atoms with van der Waals surface area (Å²) in [7, 11) is 0. The predicted octanol–water partition coefficient (Wildman–Crippen LogP) is -0.186. The molecular weight excluding hydrogens is 292 g/mol. The Morgan fingerprint density at radius 2 is 1.86 bits per heavy atom. The van der Waals surface area contributed by atoms with Gasteiger partial charge >= 0.3 is 5.97 Å². The molecule has 1 aliphatic heterocycles. The van der Waals surface area contributed by atoms with Gasteiger partial charge in [-0.1, -0.05) is 0 Å². The molecule has 0 saturated carbocycles. The van der Waals surface area contributed by atoms with Crippen LogP contribution in [0.2, 0.25) is 0 Å². The lowest BCUT2D eigenvalue weighted by Gasteiger charge is -2.22. The van der Waals surface area contributed by atoms with Gasteiger partial charge in [-0.15, -0.1) is 0 Å². The zero-order valence-corrected chi connectivity index (χ0v) is 11.3. The summed E-state index contributed by atoms with van der Waals surface area (Å²) in [4.78, 5) is 58.1. The molecule has 3 amide bonds. The van der Waals surface area contributed by atoms with Crippen molar-refractivity contribution in [3.63, 3.8) is 0 Å². The van der Waals surface area contributed by atoms with E-state index in [0.29, 0.717) is 11.2 Å². The molecule has 1 aromatic carbocycles. The monoisotopic (exact) mass is 304 g/mol. The van der Waals surface area contributed by atoms with Crippen LogP contribution in [0.25, 0.3) is 0 Å². The van der Waals surface area contributed by atoms with Crippen molar-refractivity contribution in [3.05, 3.63) is 34.9 Å². The zero-order valence-electron chi connectivity index (χ0n) is 11.3. The van der Waals surface area contributed by atoms with E-state index in [1.54, 1.807) is 0 Å². The lowest BCUT2D eigenvalue weighted by molar-refractivity contribution is -0.122. The van der Waals surface area contributed by atoms with Crippen LogP contribution in [0.15, 0.2) is 18.2 Å². The molecule has 1 heterocycles. The average Bonchev–Trinajstić information content (AvgIpc) is 2.72. The van der Waals surface area contributed by atoms with Gasteiger partial charge in [-0.3, -0.25) is 19.3 Å². The maximum atomic E-state index is 12.3. The first-order valence-corrected chi connectivity index (χ1v) is 6.36. The van der Waals surface area contributed by atoms with E-state index in [-0.39, 0.29) is 29.5 Å². The molecule has 0 fully saturated rings. The quantitative estimate of drug-likeness (QED) is 0.552. The molecule has 114 valence electrons. The Kier molecular flexibility index (Phi) is 4.02. The Balaban J connectivity index is 2.42. The van der Waals surface area contributed by atoms with E-state index in [1.807, 2.05) is 0 Å². The molecule has 1 unspecified atom stereocenters. The largest absolute Gasteiger partial charge is 0.478 e. The summed E-state index contributed by atoms with van der Waals surface area (Å²) in [6, 6.07) is 2.25. The van der Waals surface area contributed by atoms with Crippen molar-refractivity contribution in [1.29, 1.82) is 0 Å². The molecule has 0 bridgehead atoms. The molecule has 0 aromatic heterocycles. The molecule has 0 saturated heterocycles. The van der Waals surface area contributed by atoms with Gasteiger partial charge in [0.1, 0.15) is 12.3 Å². The number of rotatable bonds is 6. The van der Waals surface area contributed by atoms with Crippen molar-refractivity contribution in [2.24, 2.45) is 5.73 Å². The van der Waals surface area contributed by atoms with Crippen LogP contribution in [0.4, 0.5) is 0 Å². The van der Waals surface area contributed by atoms with Crippen LogP contribution in [0.5, 0.6) is 0 Å². The number of amides is 3. The number of nitrogens with two attached hydrogens (primary N) is 1. The Morgan fingerprint density at radius 3 is 2.41 bits per heavy atom. The topological polar surface area (TPSA) is 135 Å². The Bertz CT molecular complexity index is 697. The summed E-state index contributed by atoms with van der Waals surface area (Å²) in [5.74, 6) is -3.67. The minimum Gasteiger partial charge on any atom is -0.478 e. The first-order valence-electron chi connectivity index (χ1n) is 6.36. The Morgan fingerprint density at radius 1 is 1.23 bits per heavy atom. The second kappa shape index (κ2) is 5.76. The summed E-state index contributed by atoms with van der Waals surface area (Å²) in [5.41, 5.74) is 4.96. The van der Waals surface area contributed by atoms with Gasteiger partial charge < -0.3 is 15.6 Å². The third-order valence-corrected chi connectivity index (χ3v) is 3.36. The molecule has 0 aliphatic carbocycles. The number of aromatic carboxylic acids is 1. The van der Waals surface area contributed by atoms with Gasteiger partial charge in [0, 0.05) is 6.42 Å². The van der Waals surface area contributed by atoms with Gasteiger partial charge in [-0.25, -0.2) is 4.79 Å². The maximum Gasteiger partial charge on any atom is 0.335 e. The number of carbonyl (C=O) groups excluding carboxylic acids is 4. The highest BCUT2D eigenvalue weighted by atomic mass is 16.4. The molecule has 0 radical (unpaired) electrons. The fraction of sp³-hybridized carbons (Fsp3) is 0.214. The van der Waals surface area contributed by atoms with Crippen LogP contribution in [-0.4, -0.2) is 46.0 Å². The fourth-order valence-corrected chi connectivity index (χ4v) is 2.30. The minimum absolute atomic E-state index is 0.00681. The smallest absolute Gasteiger partial charge is 0.335 e. The molecule has 1 aliphatic rings. The SMILES string of the molecule is NC(=O)C(CCC=O)N1C(=O)c2ccc(C(=O)O)cc2C1=O. The van der Waals surface area contributed by atoms with Crippen molar-refractivity contribution >= 4 is 30.0 Å². The van der Waals surface area contributed by atoms with Gasteiger partial charge in [0.2, 0.25) is 5.91 Å². The van der Waals surface area contributed by atoms with Crippen LogP contribution in [-0.2, 0) is 9.59 Å². The van der Waals surface area contributed by atoms with Crippen molar-refractivity contribution in [2.75, 3.05) is 0 Å². The molecular formula is C14H12N2O6. The van der Waals surface area contributed by atoms with E-state index < -0.39 is 29.7 Å². The lowest BCUT2D eigenvalue weighted by atomic mass is 10.1. The number of primary amides is 1. The highest BCUT2D eigenvalue weighted by Crippen LogP contribution is 2.27. The minimum atomic E-state index is -1.24. The van der Waals surface area contributed by atoms with E-state index >= 15 is 0 Å². The number of benzene rings is 1. The van der Waals surface area contributed by atoms with Gasteiger partial charge in [-0.05, 0) is 24.6 Å². The van der Waals surface area contributed by atoms with Crippen LogP contribution in [0, 0.1) is 0 Å². The molecule has 8 nitrogen and oxygen atoms in total. The molecule has 22 heavy (non-hydrogen) atoms. The second-order valence-electron chi connectivity index (χ2n) is 4.71. The number of carboxylic acids is 1. The number of hydrogen-bond donors (Lipinski definition) is 2. The van der Waals surface area contributed by atoms with Crippen LogP contribution < -0.4 is 5.73 Å². The fourth-order valence-electron chi connectivity index (χ4n) is 2.30. The standard InChI is InChI=1S/C14H12N2O6/c15-11(18)10(2-1-5-17)16-12(19)8-4-3-7(14(21)22)6-9(8)13(16)20/h3-6,10H,1-2H2,(H2,15,18)(H,21,22). The summed E-state index contributed by atoms with van der Waals surface area (Å²) < 4.78 is 0. The summed E-state index contributed by atoms with van der Waals surface area (Å²) in [6.07, 6.45) is 0.439. The highest BCUT2D eigenvalue weighted by Gasteiger charge is 2.42. The van der Waals surface area contributed by atoms with E-state index in [2.05, 4.69) is 0 Å². The van der Waals surface area contributed by atoms with Crippen LogP contribution in [0.1, 0.15) is 43.9 Å². The third-order valence-electron chi connectivity index (χ3n) is 3.36. The molecule has 3 N–H and O–H groups in total. The van der Waals surface area contributed by atoms with Crippen molar-refractivity contribution in [1.82, 2.24) is 4.90 Å². The summed E-state index contributed by atoms with van der Waals surface area (Å²) >= 11 is 0. The van der Waals surface area contributed by atoms with E-state index in [4.69, 9.17) is 10.8 Å². The molecule has 2 rings (SSSR count). The first kappa shape index (κ1) is 15.4. The maximum absolute atomic E-state index is 12.3. The number of hydrogen-bond acceptors (Lipinski definition) is 5. The molecule has 8 heteroatoms. The van der Waals surface area contributed by atoms with Gasteiger partial charge in [0.15, 0.2) is 0 Å². The number of fused-ring (bicyclic) bond motifs is 1. The molecule has 1 aromatic rings. The van der Waals surface area contributed by atoms with Gasteiger partial charge in [-0.2, -0.15) is 0 Å². The highest BCUT2D eigenvalue weighted by molar-refractivity contribution is 6.23. The normalized spacial score (nSPS) is 14.6. The zero-order chi connectivity index (χ0) is 16.4. The van der Waals surface area contributed by atoms with Crippen molar-refractivity contribution in [2.45, 2.75) is 18.9 Å². The summed E-state index contributed by atoms with van der Waals surface area (Å²) in [5, 5.41) is 8.92. The number of carboxylic acid groups (broad SMARTS) is 1. The number of imide groups is 1. The molecule has 0 spiro atoms. The number of nitrogens with zero attached hydrogens (tertiary/aromatic N) is 1. The average molecular weight is 304 g/mol. The van der Waals surface area contributed by atoms with Gasteiger partial charge in [0.25, 0.3) is 11.8 Å². The Labute approximate surface area is 124 Å². The molecule has 1 atom stereocenters. The van der Waals surface area contributed by atoms with Crippen LogP contribution in [0.3, 0.4) is 0 Å². The van der Waals surface area contributed by atoms with Crippen LogP contribution >= 0.6 is 0 Å². The predicted molar refractivity (Wildman–Crippen MR) is 72.2 cm³/mol. The Hall–Kier alpha value is -3.03. The van der Waals surface area contributed by atoms with E-state index in [1.165, 1.54) is 12.1 Å². The number of aldehydes is 1. The van der Waals surface area contributed by atoms with Gasteiger partial charge in [0.05, 0.1) is 16.7 Å². The lowest BCUT2D eigenvalue weighted by Crippen LogP contribution is -2.47. The van der Waals surface area contributed by atoms with Crippen molar-refractivity contribution in [3.8, 4) is 0 Å². The van der Waals surface area contributed by atoms with E-state index in [9.17, 15) is 24.0 Å². The first-order chi connectivity index (χ1) is 10.4. The van der Waals surface area contributed by atoms with Crippen molar-refractivity contribution < 1.29 is 29.1 Å². The summed E-state index contributed by atoms with van der Waals surface area (Å²) in [6.45, 7) is 0. The second-order valence-corrected chi connectivity index (χ2v) is 4.71. The van der Waals surface area contributed by atoms with E-state index in [0.717, 1.165) is 6.07 Å².